The first-order valence-electron chi connectivity index (χ1n) is 9.38. The van der Waals surface area contributed by atoms with E-state index in [-0.39, 0.29) is 21.2 Å². The van der Waals surface area contributed by atoms with Crippen LogP contribution in [0.1, 0.15) is 25.0 Å². The summed E-state index contributed by atoms with van der Waals surface area (Å²) in [6, 6.07) is 7.14. The van der Waals surface area contributed by atoms with Gasteiger partial charge in [-0.2, -0.15) is 4.31 Å². The number of anilines is 1. The highest BCUT2D eigenvalue weighted by atomic mass is 32.2. The van der Waals surface area contributed by atoms with E-state index in [1.54, 1.807) is 33.8 Å². The Morgan fingerprint density at radius 1 is 0.867 bits per heavy atom. The third kappa shape index (κ3) is 4.71. The molecule has 0 aromatic heterocycles. The van der Waals surface area contributed by atoms with Crippen molar-refractivity contribution in [2.45, 2.75) is 37.5 Å². The maximum Gasteiger partial charge on any atom is 0.262 e. The van der Waals surface area contributed by atoms with E-state index < -0.39 is 20.0 Å². The topological polar surface area (TPSA) is 102 Å². The fourth-order valence-electron chi connectivity index (χ4n) is 2.98. The molecule has 0 heterocycles. The van der Waals surface area contributed by atoms with Gasteiger partial charge in [-0.25, -0.2) is 16.8 Å². The summed E-state index contributed by atoms with van der Waals surface area (Å²) in [7, 11) is -4.87. The number of methoxy groups -OCH3 is 2. The number of hydrogen-bond donors (Lipinski definition) is 1. The first kappa shape index (κ1) is 24.0. The Bertz CT molecular complexity index is 1120. The standard InChI is InChI=1S/C20H28N2O6S2/c1-7-22(8-2)30(25,26)17-11-14(3)15(4)18(12-17)21-29(23,24)16-9-10-19(27-5)20(13-16)28-6/h9-13,21H,7-8H2,1-6H3. The van der Waals surface area contributed by atoms with Crippen LogP contribution in [-0.2, 0) is 20.0 Å². The van der Waals surface area contributed by atoms with E-state index in [2.05, 4.69) is 4.72 Å². The lowest BCUT2D eigenvalue weighted by Gasteiger charge is -2.21. The molecule has 10 heteroatoms. The zero-order chi connectivity index (χ0) is 22.7. The number of hydrogen-bond acceptors (Lipinski definition) is 6. The molecule has 0 atom stereocenters. The largest absolute Gasteiger partial charge is 0.493 e. The molecule has 0 saturated heterocycles. The Morgan fingerprint density at radius 2 is 1.47 bits per heavy atom. The van der Waals surface area contributed by atoms with Crippen LogP contribution < -0.4 is 14.2 Å². The van der Waals surface area contributed by atoms with Crippen LogP contribution in [0.5, 0.6) is 11.5 Å². The van der Waals surface area contributed by atoms with Crippen molar-refractivity contribution in [1.29, 1.82) is 0 Å². The molecule has 0 aliphatic rings. The Morgan fingerprint density at radius 3 is 2.00 bits per heavy atom. The molecule has 30 heavy (non-hydrogen) atoms. The van der Waals surface area contributed by atoms with Gasteiger partial charge >= 0.3 is 0 Å². The van der Waals surface area contributed by atoms with Crippen LogP contribution in [0, 0.1) is 13.8 Å². The Kier molecular flexibility index (Phi) is 7.38. The molecule has 0 bridgehead atoms. The highest BCUT2D eigenvalue weighted by molar-refractivity contribution is 7.92. The summed E-state index contributed by atoms with van der Waals surface area (Å²) in [5.74, 6) is 0.668. The molecule has 0 saturated carbocycles. The van der Waals surface area contributed by atoms with Crippen molar-refractivity contribution in [3.63, 3.8) is 0 Å². The minimum absolute atomic E-state index is 0.0331. The second kappa shape index (κ2) is 9.23. The molecular formula is C20H28N2O6S2. The molecule has 1 N–H and O–H groups in total. The molecule has 0 aliphatic carbocycles. The van der Waals surface area contributed by atoms with Gasteiger partial charge in [-0.1, -0.05) is 13.8 Å². The predicted octanol–water partition coefficient (Wildman–Crippen LogP) is 3.15. The Hall–Kier alpha value is -2.30. The van der Waals surface area contributed by atoms with Gasteiger partial charge in [-0.05, 0) is 49.2 Å². The minimum Gasteiger partial charge on any atom is -0.493 e. The first-order valence-corrected chi connectivity index (χ1v) is 12.3. The Balaban J connectivity index is 2.54. The SMILES string of the molecule is CCN(CC)S(=O)(=O)c1cc(C)c(C)c(NS(=O)(=O)c2ccc(OC)c(OC)c2)c1. The fourth-order valence-corrected chi connectivity index (χ4v) is 5.68. The minimum atomic E-state index is -4.00. The molecular weight excluding hydrogens is 428 g/mol. The monoisotopic (exact) mass is 456 g/mol. The first-order chi connectivity index (χ1) is 14.0. The van der Waals surface area contributed by atoms with Gasteiger partial charge < -0.3 is 9.47 Å². The number of nitrogens with one attached hydrogen (secondary N) is 1. The summed E-state index contributed by atoms with van der Waals surface area (Å²) in [5, 5.41) is 0. The molecule has 2 rings (SSSR count). The van der Waals surface area contributed by atoms with Crippen LogP contribution in [0.3, 0.4) is 0 Å². The predicted molar refractivity (Wildman–Crippen MR) is 116 cm³/mol. The second-order valence-corrected chi connectivity index (χ2v) is 10.2. The molecule has 2 aromatic carbocycles. The van der Waals surface area contributed by atoms with Crippen LogP contribution in [-0.4, -0.2) is 48.4 Å². The van der Waals surface area contributed by atoms with Crippen molar-refractivity contribution in [3.05, 3.63) is 41.5 Å². The van der Waals surface area contributed by atoms with E-state index in [0.29, 0.717) is 30.0 Å². The number of aryl methyl sites for hydroxylation is 1. The molecule has 0 aliphatic heterocycles. The maximum atomic E-state index is 13.0. The van der Waals surface area contributed by atoms with Gasteiger partial charge in [-0.3, -0.25) is 4.72 Å². The fraction of sp³-hybridized carbons (Fsp3) is 0.400. The quantitative estimate of drug-likeness (QED) is 0.622. The van der Waals surface area contributed by atoms with Crippen LogP contribution in [0.25, 0.3) is 0 Å². The van der Waals surface area contributed by atoms with Crippen molar-refractivity contribution in [2.24, 2.45) is 0 Å². The molecule has 8 nitrogen and oxygen atoms in total. The average molecular weight is 457 g/mol. The molecule has 0 radical (unpaired) electrons. The zero-order valence-corrected chi connectivity index (χ0v) is 19.6. The number of benzene rings is 2. The van der Waals surface area contributed by atoms with Crippen molar-refractivity contribution in [1.82, 2.24) is 4.31 Å². The zero-order valence-electron chi connectivity index (χ0n) is 18.0. The van der Waals surface area contributed by atoms with Crippen LogP contribution >= 0.6 is 0 Å². The van der Waals surface area contributed by atoms with Gasteiger partial charge in [0.2, 0.25) is 10.0 Å². The summed E-state index contributed by atoms with van der Waals surface area (Å²) in [5.41, 5.74) is 1.50. The number of rotatable bonds is 9. The summed E-state index contributed by atoms with van der Waals surface area (Å²) in [4.78, 5) is 0.00789. The van der Waals surface area contributed by atoms with Gasteiger partial charge in [0, 0.05) is 19.2 Å². The Labute approximate surface area is 178 Å². The second-order valence-electron chi connectivity index (χ2n) is 6.62. The molecule has 0 spiro atoms. The summed E-state index contributed by atoms with van der Waals surface area (Å²) in [6.45, 7) is 7.61. The van der Waals surface area contributed by atoms with Gasteiger partial charge in [0.25, 0.3) is 10.0 Å². The lowest BCUT2D eigenvalue weighted by Crippen LogP contribution is -2.30. The summed E-state index contributed by atoms with van der Waals surface area (Å²) >= 11 is 0. The number of ether oxygens (including phenoxy) is 2. The maximum absolute atomic E-state index is 13.0. The van der Waals surface area contributed by atoms with Gasteiger partial charge in [0.05, 0.1) is 29.7 Å². The van der Waals surface area contributed by atoms with Crippen molar-refractivity contribution >= 4 is 25.7 Å². The molecule has 0 fully saturated rings. The summed E-state index contributed by atoms with van der Waals surface area (Å²) < 4.78 is 65.9. The normalized spacial score (nSPS) is 12.1. The highest BCUT2D eigenvalue weighted by Gasteiger charge is 2.25. The molecule has 166 valence electrons. The van der Waals surface area contributed by atoms with E-state index >= 15 is 0 Å². The van der Waals surface area contributed by atoms with Crippen LogP contribution in [0.15, 0.2) is 40.1 Å². The average Bonchev–Trinajstić information content (AvgIpc) is 2.71. The van der Waals surface area contributed by atoms with Crippen molar-refractivity contribution in [2.75, 3.05) is 32.0 Å². The molecule has 0 unspecified atom stereocenters. The third-order valence-corrected chi connectivity index (χ3v) is 8.28. The van der Waals surface area contributed by atoms with Crippen molar-refractivity contribution in [3.8, 4) is 11.5 Å². The smallest absolute Gasteiger partial charge is 0.262 e. The third-order valence-electron chi connectivity index (χ3n) is 4.89. The van der Waals surface area contributed by atoms with Gasteiger partial charge in [-0.15, -0.1) is 0 Å². The van der Waals surface area contributed by atoms with Gasteiger partial charge in [0.1, 0.15) is 0 Å². The van der Waals surface area contributed by atoms with E-state index in [1.165, 1.54) is 42.8 Å². The van der Waals surface area contributed by atoms with E-state index in [1.807, 2.05) is 0 Å². The highest BCUT2D eigenvalue weighted by Crippen LogP contribution is 2.32. The van der Waals surface area contributed by atoms with Crippen LogP contribution in [0.4, 0.5) is 5.69 Å². The van der Waals surface area contributed by atoms with E-state index in [9.17, 15) is 16.8 Å². The van der Waals surface area contributed by atoms with Gasteiger partial charge in [0.15, 0.2) is 11.5 Å². The van der Waals surface area contributed by atoms with E-state index in [0.717, 1.165) is 0 Å². The van der Waals surface area contributed by atoms with E-state index in [4.69, 9.17) is 9.47 Å². The lowest BCUT2D eigenvalue weighted by atomic mass is 10.1. The van der Waals surface area contributed by atoms with Crippen molar-refractivity contribution < 1.29 is 26.3 Å². The number of sulfonamides is 2. The molecule has 0 amide bonds. The van der Waals surface area contributed by atoms with Crippen LogP contribution in [0.2, 0.25) is 0 Å². The summed E-state index contributed by atoms with van der Waals surface area (Å²) in [6.07, 6.45) is 0. The lowest BCUT2D eigenvalue weighted by molar-refractivity contribution is 0.354. The number of nitrogens with zero attached hydrogens (tertiary/aromatic N) is 1. The molecule has 2 aromatic rings.